The Morgan fingerprint density at radius 3 is 2.67 bits per heavy atom. The van der Waals surface area contributed by atoms with Crippen LogP contribution < -0.4 is 19.1 Å². The van der Waals surface area contributed by atoms with Gasteiger partial charge in [0.1, 0.15) is 0 Å². The zero-order chi connectivity index (χ0) is 20.9. The molecule has 0 atom stereocenters. The van der Waals surface area contributed by atoms with Gasteiger partial charge in [0.2, 0.25) is 17.7 Å². The number of morpholine rings is 1. The molecule has 10 heteroatoms. The summed E-state index contributed by atoms with van der Waals surface area (Å²) in [4.78, 5) is 15.5. The highest BCUT2D eigenvalue weighted by molar-refractivity contribution is 5.68. The van der Waals surface area contributed by atoms with Crippen molar-refractivity contribution in [2.75, 3.05) is 45.4 Å². The van der Waals surface area contributed by atoms with Gasteiger partial charge in [0.15, 0.2) is 18.1 Å². The van der Waals surface area contributed by atoms with Crippen LogP contribution in [0.2, 0.25) is 0 Å². The molecule has 10 nitrogen and oxygen atoms in total. The molecule has 158 valence electrons. The molecule has 1 fully saturated rings. The molecule has 0 saturated carbocycles. The lowest BCUT2D eigenvalue weighted by molar-refractivity contribution is 0.122. The smallest absolute Gasteiger partial charge is 0.264 e. The van der Waals surface area contributed by atoms with E-state index in [1.54, 1.807) is 26.4 Å². The standard InChI is InChI=1S/C20H23N5O5/c1-13-11-16(23-20(21-13)25-7-9-28-10-8-25)29-12-17-22-19(24-30-17)14-5-4-6-15(26-2)18(14)27-3/h4-6,11H,7-10,12H2,1-3H3. The Kier molecular flexibility index (Phi) is 5.94. The monoisotopic (exact) mass is 413 g/mol. The molecule has 2 aromatic heterocycles. The van der Waals surface area contributed by atoms with Crippen LogP contribution in [0.3, 0.4) is 0 Å². The zero-order valence-electron chi connectivity index (χ0n) is 17.1. The second kappa shape index (κ2) is 8.95. The fraction of sp³-hybridized carbons (Fsp3) is 0.400. The molecule has 0 amide bonds. The molecule has 0 aliphatic carbocycles. The summed E-state index contributed by atoms with van der Waals surface area (Å²) in [6.45, 7) is 4.80. The first kappa shape index (κ1) is 19.9. The molecular formula is C20H23N5O5. The minimum absolute atomic E-state index is 0.0816. The Morgan fingerprint density at radius 2 is 1.90 bits per heavy atom. The lowest BCUT2D eigenvalue weighted by atomic mass is 10.1. The molecule has 0 radical (unpaired) electrons. The molecule has 3 heterocycles. The lowest BCUT2D eigenvalue weighted by Gasteiger charge is -2.27. The summed E-state index contributed by atoms with van der Waals surface area (Å²) in [7, 11) is 3.14. The molecule has 1 saturated heterocycles. The maximum absolute atomic E-state index is 5.79. The molecule has 1 aromatic carbocycles. The molecule has 4 rings (SSSR count). The van der Waals surface area contributed by atoms with E-state index in [1.807, 2.05) is 19.1 Å². The molecule has 1 aliphatic heterocycles. The number of aryl methyl sites for hydroxylation is 1. The molecule has 3 aromatic rings. The van der Waals surface area contributed by atoms with Gasteiger partial charge in [-0.25, -0.2) is 4.98 Å². The van der Waals surface area contributed by atoms with E-state index in [1.165, 1.54) is 0 Å². The first-order chi connectivity index (χ1) is 14.7. The topological polar surface area (TPSA) is 105 Å². The molecule has 0 bridgehead atoms. The maximum atomic E-state index is 5.79. The molecule has 30 heavy (non-hydrogen) atoms. The molecule has 0 spiro atoms. The Bertz CT molecular complexity index is 1000. The van der Waals surface area contributed by atoms with Crippen LogP contribution in [0.15, 0.2) is 28.8 Å². The number of benzene rings is 1. The van der Waals surface area contributed by atoms with Crippen molar-refractivity contribution < 1.29 is 23.5 Å². The number of methoxy groups -OCH3 is 2. The van der Waals surface area contributed by atoms with Gasteiger partial charge in [-0.05, 0) is 19.1 Å². The molecular weight excluding hydrogens is 390 g/mol. The highest BCUT2D eigenvalue weighted by Gasteiger charge is 2.18. The number of hydrogen-bond donors (Lipinski definition) is 0. The number of rotatable bonds is 7. The average molecular weight is 413 g/mol. The van der Waals surface area contributed by atoms with Gasteiger partial charge in [-0.15, -0.1) is 0 Å². The van der Waals surface area contributed by atoms with Gasteiger partial charge in [0.25, 0.3) is 5.89 Å². The van der Waals surface area contributed by atoms with Gasteiger partial charge >= 0.3 is 0 Å². The van der Waals surface area contributed by atoms with Crippen molar-refractivity contribution in [3.8, 4) is 28.8 Å². The second-order valence-corrected chi connectivity index (χ2v) is 6.59. The van der Waals surface area contributed by atoms with E-state index in [0.29, 0.717) is 53.8 Å². The van der Waals surface area contributed by atoms with Crippen LogP contribution in [-0.2, 0) is 11.3 Å². The summed E-state index contributed by atoms with van der Waals surface area (Å²) in [5.41, 5.74) is 1.48. The Morgan fingerprint density at radius 1 is 1.07 bits per heavy atom. The SMILES string of the molecule is COc1cccc(-c2noc(COc3cc(C)nc(N4CCOCC4)n3)n2)c1OC. The summed E-state index contributed by atoms with van der Waals surface area (Å²) >= 11 is 0. The van der Waals surface area contributed by atoms with Crippen molar-refractivity contribution in [3.63, 3.8) is 0 Å². The van der Waals surface area contributed by atoms with Gasteiger partial charge in [-0.3, -0.25) is 0 Å². The van der Waals surface area contributed by atoms with Crippen LogP contribution in [0.25, 0.3) is 11.4 Å². The third kappa shape index (κ3) is 4.28. The maximum Gasteiger partial charge on any atom is 0.264 e. The van der Waals surface area contributed by atoms with E-state index in [9.17, 15) is 0 Å². The fourth-order valence-electron chi connectivity index (χ4n) is 3.13. The predicted octanol–water partition coefficient (Wildman–Crippen LogP) is 2.27. The fourth-order valence-corrected chi connectivity index (χ4v) is 3.13. The zero-order valence-corrected chi connectivity index (χ0v) is 17.1. The van der Waals surface area contributed by atoms with E-state index in [4.69, 9.17) is 23.5 Å². The highest BCUT2D eigenvalue weighted by atomic mass is 16.5. The van der Waals surface area contributed by atoms with Crippen molar-refractivity contribution >= 4 is 5.95 Å². The van der Waals surface area contributed by atoms with E-state index >= 15 is 0 Å². The van der Waals surface area contributed by atoms with E-state index < -0.39 is 0 Å². The third-order valence-electron chi connectivity index (χ3n) is 4.57. The van der Waals surface area contributed by atoms with Gasteiger partial charge in [0.05, 0.1) is 33.0 Å². The van der Waals surface area contributed by atoms with E-state index in [-0.39, 0.29) is 6.61 Å². The number of hydrogen-bond acceptors (Lipinski definition) is 10. The van der Waals surface area contributed by atoms with Crippen LogP contribution in [0, 0.1) is 6.92 Å². The van der Waals surface area contributed by atoms with Crippen LogP contribution in [0.5, 0.6) is 17.4 Å². The van der Waals surface area contributed by atoms with Crippen molar-refractivity contribution in [2.45, 2.75) is 13.5 Å². The van der Waals surface area contributed by atoms with Crippen LogP contribution >= 0.6 is 0 Å². The van der Waals surface area contributed by atoms with Crippen molar-refractivity contribution in [1.82, 2.24) is 20.1 Å². The predicted molar refractivity (Wildman–Crippen MR) is 107 cm³/mol. The number of para-hydroxylation sites is 1. The first-order valence-electron chi connectivity index (χ1n) is 9.53. The van der Waals surface area contributed by atoms with Gasteiger partial charge in [0, 0.05) is 24.8 Å². The summed E-state index contributed by atoms with van der Waals surface area (Å²) in [6, 6.07) is 7.24. The normalized spacial score (nSPS) is 13.9. The van der Waals surface area contributed by atoms with Crippen LogP contribution in [0.1, 0.15) is 11.6 Å². The minimum Gasteiger partial charge on any atom is -0.493 e. The summed E-state index contributed by atoms with van der Waals surface area (Å²) in [5, 5.41) is 4.03. The summed E-state index contributed by atoms with van der Waals surface area (Å²) in [5.74, 6) is 2.90. The van der Waals surface area contributed by atoms with E-state index in [0.717, 1.165) is 18.8 Å². The number of nitrogens with zero attached hydrogens (tertiary/aromatic N) is 5. The third-order valence-corrected chi connectivity index (χ3v) is 4.57. The summed E-state index contributed by atoms with van der Waals surface area (Å²) < 4.78 is 27.3. The Labute approximate surface area is 173 Å². The number of anilines is 1. The van der Waals surface area contributed by atoms with Crippen molar-refractivity contribution in [3.05, 3.63) is 35.9 Å². The van der Waals surface area contributed by atoms with Crippen molar-refractivity contribution in [2.24, 2.45) is 0 Å². The molecule has 1 aliphatic rings. The van der Waals surface area contributed by atoms with Crippen LogP contribution in [-0.4, -0.2) is 60.6 Å². The Hall–Kier alpha value is -3.40. The van der Waals surface area contributed by atoms with Gasteiger partial charge in [-0.2, -0.15) is 9.97 Å². The van der Waals surface area contributed by atoms with E-state index in [2.05, 4.69) is 25.0 Å². The van der Waals surface area contributed by atoms with Crippen molar-refractivity contribution in [1.29, 1.82) is 0 Å². The second-order valence-electron chi connectivity index (χ2n) is 6.59. The minimum atomic E-state index is 0.0816. The first-order valence-corrected chi connectivity index (χ1v) is 9.53. The largest absolute Gasteiger partial charge is 0.493 e. The Balaban J connectivity index is 1.48. The molecule has 0 unspecified atom stereocenters. The van der Waals surface area contributed by atoms with Gasteiger partial charge in [-0.1, -0.05) is 11.2 Å². The highest BCUT2D eigenvalue weighted by Crippen LogP contribution is 2.36. The molecule has 0 N–H and O–H groups in total. The van der Waals surface area contributed by atoms with Gasteiger partial charge < -0.3 is 28.4 Å². The quantitative estimate of drug-likeness (QED) is 0.573. The van der Waals surface area contributed by atoms with Crippen LogP contribution in [0.4, 0.5) is 5.95 Å². The summed E-state index contributed by atoms with van der Waals surface area (Å²) in [6.07, 6.45) is 0. The average Bonchev–Trinajstić information content (AvgIpc) is 3.26. The lowest BCUT2D eigenvalue weighted by Crippen LogP contribution is -2.37. The number of ether oxygens (including phenoxy) is 4. The number of aromatic nitrogens is 4.